The first-order chi connectivity index (χ1) is 15.9. The van der Waals surface area contributed by atoms with Crippen LogP contribution < -0.4 is 10.9 Å². The molecule has 0 unspecified atom stereocenters. The molecule has 3 heterocycles. The molecule has 0 atom stereocenters. The van der Waals surface area contributed by atoms with Gasteiger partial charge >= 0.3 is 0 Å². The predicted molar refractivity (Wildman–Crippen MR) is 127 cm³/mol. The van der Waals surface area contributed by atoms with Crippen LogP contribution in [0.25, 0.3) is 16.5 Å². The zero-order valence-corrected chi connectivity index (χ0v) is 18.9. The number of carbonyl (C=O) groups is 2. The molecule has 2 aromatic carbocycles. The zero-order valence-electron chi connectivity index (χ0n) is 18.9. The maximum atomic E-state index is 13.3. The Morgan fingerprint density at radius 2 is 1.73 bits per heavy atom. The minimum absolute atomic E-state index is 0.0474. The maximum absolute atomic E-state index is 13.3. The van der Waals surface area contributed by atoms with Crippen LogP contribution in [0.15, 0.2) is 47.3 Å². The number of benzene rings is 2. The zero-order chi connectivity index (χ0) is 23.1. The van der Waals surface area contributed by atoms with Crippen molar-refractivity contribution in [1.82, 2.24) is 19.6 Å². The minimum atomic E-state index is -0.204. The lowest BCUT2D eigenvalue weighted by Gasteiger charge is -2.35. The lowest BCUT2D eigenvalue weighted by molar-refractivity contribution is -0.135. The number of hydrogen-bond acceptors (Lipinski definition) is 5. The Balaban J connectivity index is 1.43. The van der Waals surface area contributed by atoms with E-state index in [4.69, 9.17) is 0 Å². The van der Waals surface area contributed by atoms with E-state index in [9.17, 15) is 14.4 Å². The average molecular weight is 446 g/mol. The lowest BCUT2D eigenvalue weighted by Crippen LogP contribution is -2.51. The van der Waals surface area contributed by atoms with Crippen LogP contribution in [0.2, 0.25) is 0 Å². The minimum Gasteiger partial charge on any atom is -0.384 e. The van der Waals surface area contributed by atoms with E-state index in [0.29, 0.717) is 42.8 Å². The van der Waals surface area contributed by atoms with Gasteiger partial charge in [-0.1, -0.05) is 26.0 Å². The van der Waals surface area contributed by atoms with Crippen LogP contribution in [0.3, 0.4) is 0 Å². The van der Waals surface area contributed by atoms with E-state index in [2.05, 4.69) is 10.4 Å². The molecule has 8 heteroatoms. The summed E-state index contributed by atoms with van der Waals surface area (Å²) < 4.78 is 1.41. The standard InChI is InChI=1S/C25H27N5O3/c1-16(2)23(31)28-11-13-29(14-12-28)24(32)17-5-3-6-18(15-17)30-25(33)19-7-4-8-20-22(19)21(27-30)9-10-26-20/h3-8,15-16,26H,9-14H2,1-2H3. The van der Waals surface area contributed by atoms with Gasteiger partial charge in [-0.05, 0) is 30.3 Å². The van der Waals surface area contributed by atoms with Gasteiger partial charge in [0.2, 0.25) is 5.91 Å². The van der Waals surface area contributed by atoms with Gasteiger partial charge in [0.1, 0.15) is 0 Å². The predicted octanol–water partition coefficient (Wildman–Crippen LogP) is 2.29. The topological polar surface area (TPSA) is 87.5 Å². The van der Waals surface area contributed by atoms with Crippen LogP contribution in [0, 0.1) is 5.92 Å². The molecule has 2 aliphatic rings. The molecule has 1 aromatic heterocycles. The number of nitrogens with zero attached hydrogens (tertiary/aromatic N) is 4. The number of amides is 2. The van der Waals surface area contributed by atoms with Gasteiger partial charge in [-0.15, -0.1) is 0 Å². The summed E-state index contributed by atoms with van der Waals surface area (Å²) in [5.41, 5.74) is 2.69. The monoisotopic (exact) mass is 445 g/mol. The highest BCUT2D eigenvalue weighted by atomic mass is 16.2. The highest BCUT2D eigenvalue weighted by Crippen LogP contribution is 2.27. The summed E-state index contributed by atoms with van der Waals surface area (Å²) >= 11 is 0. The molecule has 0 radical (unpaired) electrons. The second kappa shape index (κ2) is 8.35. The van der Waals surface area contributed by atoms with Crippen molar-refractivity contribution in [2.24, 2.45) is 5.92 Å². The smallest absolute Gasteiger partial charge is 0.279 e. The quantitative estimate of drug-likeness (QED) is 0.669. The summed E-state index contributed by atoms with van der Waals surface area (Å²) in [6.07, 6.45) is 0.728. The number of anilines is 1. The van der Waals surface area contributed by atoms with Gasteiger partial charge in [-0.2, -0.15) is 9.78 Å². The van der Waals surface area contributed by atoms with Gasteiger partial charge in [0.25, 0.3) is 11.5 Å². The van der Waals surface area contributed by atoms with Crippen LogP contribution in [0.1, 0.15) is 29.9 Å². The van der Waals surface area contributed by atoms with Crippen molar-refractivity contribution >= 4 is 28.3 Å². The molecule has 0 spiro atoms. The number of piperazine rings is 1. The van der Waals surface area contributed by atoms with Crippen molar-refractivity contribution in [2.45, 2.75) is 20.3 Å². The van der Waals surface area contributed by atoms with E-state index in [1.165, 1.54) is 4.68 Å². The van der Waals surface area contributed by atoms with Crippen molar-refractivity contribution in [3.8, 4) is 5.69 Å². The summed E-state index contributed by atoms with van der Waals surface area (Å²) in [5.74, 6) is -0.0304. The van der Waals surface area contributed by atoms with E-state index in [1.54, 1.807) is 29.2 Å². The number of carbonyl (C=O) groups excluding carboxylic acids is 2. The third-order valence-electron chi connectivity index (χ3n) is 6.38. The molecular weight excluding hydrogens is 418 g/mol. The fraction of sp³-hybridized carbons (Fsp3) is 0.360. The fourth-order valence-electron chi connectivity index (χ4n) is 4.63. The van der Waals surface area contributed by atoms with Crippen LogP contribution in [-0.4, -0.2) is 64.1 Å². The molecule has 0 bridgehead atoms. The van der Waals surface area contributed by atoms with E-state index >= 15 is 0 Å². The van der Waals surface area contributed by atoms with Crippen molar-refractivity contribution in [2.75, 3.05) is 38.0 Å². The molecule has 2 aliphatic heterocycles. The first-order valence-corrected chi connectivity index (χ1v) is 11.4. The molecular formula is C25H27N5O3. The second-order valence-corrected chi connectivity index (χ2v) is 8.89. The molecule has 170 valence electrons. The van der Waals surface area contributed by atoms with Crippen molar-refractivity contribution < 1.29 is 9.59 Å². The Morgan fingerprint density at radius 1 is 1.00 bits per heavy atom. The molecule has 0 aliphatic carbocycles. The van der Waals surface area contributed by atoms with Gasteiger partial charge in [-0.3, -0.25) is 14.4 Å². The lowest BCUT2D eigenvalue weighted by atomic mass is 10.0. The molecule has 5 rings (SSSR count). The second-order valence-electron chi connectivity index (χ2n) is 8.89. The van der Waals surface area contributed by atoms with Crippen molar-refractivity contribution in [1.29, 1.82) is 0 Å². The molecule has 1 fully saturated rings. The number of nitrogens with one attached hydrogen (secondary N) is 1. The van der Waals surface area contributed by atoms with Crippen LogP contribution in [0.5, 0.6) is 0 Å². The maximum Gasteiger partial charge on any atom is 0.279 e. The highest BCUT2D eigenvalue weighted by molar-refractivity contribution is 5.97. The van der Waals surface area contributed by atoms with E-state index < -0.39 is 0 Å². The first-order valence-electron chi connectivity index (χ1n) is 11.4. The Labute approximate surface area is 191 Å². The van der Waals surface area contributed by atoms with Crippen molar-refractivity contribution in [3.63, 3.8) is 0 Å². The van der Waals surface area contributed by atoms with Crippen LogP contribution in [0.4, 0.5) is 5.69 Å². The third-order valence-corrected chi connectivity index (χ3v) is 6.38. The largest absolute Gasteiger partial charge is 0.384 e. The van der Waals surface area contributed by atoms with Gasteiger partial charge in [0, 0.05) is 61.7 Å². The summed E-state index contributed by atoms with van der Waals surface area (Å²) in [4.78, 5) is 42.2. The number of rotatable bonds is 3. The fourth-order valence-corrected chi connectivity index (χ4v) is 4.63. The summed E-state index contributed by atoms with van der Waals surface area (Å²) in [6, 6.07) is 12.7. The molecule has 0 saturated carbocycles. The highest BCUT2D eigenvalue weighted by Gasteiger charge is 2.26. The molecule has 1 saturated heterocycles. The molecule has 3 aromatic rings. The Bertz CT molecular complexity index is 1310. The summed E-state index contributed by atoms with van der Waals surface area (Å²) in [7, 11) is 0. The van der Waals surface area contributed by atoms with E-state index in [1.807, 2.05) is 36.9 Å². The Morgan fingerprint density at radius 3 is 2.48 bits per heavy atom. The molecule has 33 heavy (non-hydrogen) atoms. The summed E-state index contributed by atoms with van der Waals surface area (Å²) in [5, 5.41) is 9.48. The number of aromatic nitrogens is 2. The normalized spacial score (nSPS) is 15.6. The van der Waals surface area contributed by atoms with Crippen molar-refractivity contribution in [3.05, 3.63) is 64.1 Å². The molecule has 2 amide bonds. The molecule has 8 nitrogen and oxygen atoms in total. The van der Waals surface area contributed by atoms with Gasteiger partial charge in [0.05, 0.1) is 16.8 Å². The first kappa shape index (κ1) is 21.2. The summed E-state index contributed by atoms with van der Waals surface area (Å²) in [6.45, 7) is 6.60. The number of hydrogen-bond donors (Lipinski definition) is 1. The van der Waals surface area contributed by atoms with Crippen LogP contribution in [-0.2, 0) is 11.2 Å². The third kappa shape index (κ3) is 3.75. The van der Waals surface area contributed by atoms with Gasteiger partial charge < -0.3 is 15.1 Å². The Hall–Kier alpha value is -3.68. The Kier molecular flexibility index (Phi) is 5.36. The van der Waals surface area contributed by atoms with E-state index in [-0.39, 0.29) is 23.3 Å². The SMILES string of the molecule is CC(C)C(=O)N1CCN(C(=O)c2cccc(-n3nc4c5c(cccc5c3=O)NCC4)c2)CC1. The van der Waals surface area contributed by atoms with Gasteiger partial charge in [-0.25, -0.2) is 0 Å². The van der Waals surface area contributed by atoms with Gasteiger partial charge in [0.15, 0.2) is 0 Å². The van der Waals surface area contributed by atoms with E-state index in [0.717, 1.165) is 29.7 Å². The molecule has 1 N–H and O–H groups in total. The average Bonchev–Trinajstić information content (AvgIpc) is 2.85. The van der Waals surface area contributed by atoms with Crippen LogP contribution >= 0.6 is 0 Å².